The second kappa shape index (κ2) is 9.82. The molecule has 2 aromatic carbocycles. The van der Waals surface area contributed by atoms with Crippen molar-refractivity contribution in [1.29, 1.82) is 0 Å². The van der Waals surface area contributed by atoms with Gasteiger partial charge in [-0.1, -0.05) is 42.8 Å². The van der Waals surface area contributed by atoms with E-state index in [9.17, 15) is 18.0 Å². The summed E-state index contributed by atoms with van der Waals surface area (Å²) >= 11 is 5.74. The molecule has 0 heterocycles. The van der Waals surface area contributed by atoms with E-state index in [1.165, 1.54) is 31.2 Å². The van der Waals surface area contributed by atoms with Crippen LogP contribution in [-0.2, 0) is 26.0 Å². The molecule has 28 heavy (non-hydrogen) atoms. The van der Waals surface area contributed by atoms with Gasteiger partial charge in [0.25, 0.3) is 0 Å². The fraction of sp³-hybridized carbons (Fsp3) is 0.300. The van der Waals surface area contributed by atoms with Crippen LogP contribution in [0.5, 0.6) is 0 Å². The Bertz CT molecular complexity index is 924. The second-order valence-electron chi connectivity index (χ2n) is 6.15. The SMILES string of the molecule is CCc1ccc(C(=O)[C@H](C)OC(=O)CCNS(=O)(=O)c2ccc(Cl)cc2)cc1. The molecule has 0 fully saturated rings. The van der Waals surface area contributed by atoms with Gasteiger partial charge in [-0.05, 0) is 43.2 Å². The van der Waals surface area contributed by atoms with Crippen LogP contribution in [0.15, 0.2) is 53.4 Å². The van der Waals surface area contributed by atoms with Crippen molar-refractivity contribution < 1.29 is 22.7 Å². The first-order valence-electron chi connectivity index (χ1n) is 8.81. The molecule has 0 unspecified atom stereocenters. The molecule has 2 rings (SSSR count). The number of sulfonamides is 1. The quantitative estimate of drug-likeness (QED) is 0.493. The van der Waals surface area contributed by atoms with E-state index < -0.39 is 22.1 Å². The van der Waals surface area contributed by atoms with Crippen molar-refractivity contribution in [3.8, 4) is 0 Å². The average molecular weight is 424 g/mol. The number of halogens is 1. The topological polar surface area (TPSA) is 89.5 Å². The number of ether oxygens (including phenoxy) is 1. The number of hydrogen-bond acceptors (Lipinski definition) is 5. The van der Waals surface area contributed by atoms with Gasteiger partial charge in [0.1, 0.15) is 0 Å². The fourth-order valence-corrected chi connectivity index (χ4v) is 3.59. The number of carbonyl (C=O) groups is 2. The highest BCUT2D eigenvalue weighted by atomic mass is 35.5. The van der Waals surface area contributed by atoms with Crippen molar-refractivity contribution in [3.05, 3.63) is 64.7 Å². The van der Waals surface area contributed by atoms with E-state index in [0.29, 0.717) is 10.6 Å². The number of nitrogens with one attached hydrogen (secondary N) is 1. The molecule has 0 aromatic heterocycles. The maximum Gasteiger partial charge on any atom is 0.307 e. The molecule has 8 heteroatoms. The first-order chi connectivity index (χ1) is 13.2. The van der Waals surface area contributed by atoms with Crippen LogP contribution in [-0.4, -0.2) is 32.8 Å². The van der Waals surface area contributed by atoms with E-state index in [2.05, 4.69) is 4.72 Å². The van der Waals surface area contributed by atoms with E-state index in [1.54, 1.807) is 12.1 Å². The highest BCUT2D eigenvalue weighted by molar-refractivity contribution is 7.89. The van der Waals surface area contributed by atoms with E-state index in [1.807, 2.05) is 19.1 Å². The molecule has 0 saturated carbocycles. The molecule has 6 nitrogen and oxygen atoms in total. The average Bonchev–Trinajstić information content (AvgIpc) is 2.67. The lowest BCUT2D eigenvalue weighted by Gasteiger charge is -2.13. The third kappa shape index (κ3) is 6.15. The van der Waals surface area contributed by atoms with E-state index in [4.69, 9.17) is 16.3 Å². The number of esters is 1. The number of rotatable bonds is 9. The van der Waals surface area contributed by atoms with Crippen molar-refractivity contribution in [3.63, 3.8) is 0 Å². The largest absolute Gasteiger partial charge is 0.454 e. The maximum atomic E-state index is 12.3. The number of ketones is 1. The van der Waals surface area contributed by atoms with Crippen molar-refractivity contribution >= 4 is 33.4 Å². The Kier molecular flexibility index (Phi) is 7.74. The third-order valence-corrected chi connectivity index (χ3v) is 5.80. The molecule has 0 spiro atoms. The van der Waals surface area contributed by atoms with Crippen LogP contribution in [0.1, 0.15) is 36.2 Å². The Hall–Kier alpha value is -2.22. The van der Waals surface area contributed by atoms with Gasteiger partial charge in [-0.25, -0.2) is 13.1 Å². The zero-order valence-corrected chi connectivity index (χ0v) is 17.2. The molecule has 150 valence electrons. The predicted molar refractivity (Wildman–Crippen MR) is 107 cm³/mol. The zero-order chi connectivity index (χ0) is 20.7. The monoisotopic (exact) mass is 423 g/mol. The molecule has 0 aliphatic carbocycles. The molecule has 0 bridgehead atoms. The highest BCUT2D eigenvalue weighted by Crippen LogP contribution is 2.14. The van der Waals surface area contributed by atoms with Gasteiger partial charge in [0, 0.05) is 17.1 Å². The summed E-state index contributed by atoms with van der Waals surface area (Å²) in [6.45, 7) is 3.37. The Balaban J connectivity index is 1.84. The lowest BCUT2D eigenvalue weighted by molar-refractivity contribution is -0.146. The van der Waals surface area contributed by atoms with Crippen LogP contribution in [0.3, 0.4) is 0 Å². The van der Waals surface area contributed by atoms with Gasteiger partial charge in [0.2, 0.25) is 15.8 Å². The fourth-order valence-electron chi connectivity index (χ4n) is 2.43. The Morgan fingerprint density at radius 3 is 2.25 bits per heavy atom. The normalized spacial score (nSPS) is 12.4. The van der Waals surface area contributed by atoms with E-state index in [0.717, 1.165) is 12.0 Å². The number of hydrogen-bond donors (Lipinski definition) is 1. The number of benzene rings is 2. The minimum absolute atomic E-state index is 0.0457. The number of Topliss-reactive ketones (excluding diaryl/α,β-unsaturated/α-hetero) is 1. The molecule has 0 amide bonds. The van der Waals surface area contributed by atoms with Gasteiger partial charge in [-0.2, -0.15) is 0 Å². The van der Waals surface area contributed by atoms with E-state index in [-0.39, 0.29) is 23.6 Å². The maximum absolute atomic E-state index is 12.3. The molecule has 0 aliphatic rings. The standard InChI is InChI=1S/C20H22ClNO5S/c1-3-15-4-6-16(7-5-15)20(24)14(2)27-19(23)12-13-22-28(25,26)18-10-8-17(21)9-11-18/h4-11,14,22H,3,12-13H2,1-2H3/t14-/m0/s1. The van der Waals surface area contributed by atoms with Gasteiger partial charge in [-0.15, -0.1) is 0 Å². The number of aryl methyl sites for hydroxylation is 1. The second-order valence-corrected chi connectivity index (χ2v) is 8.35. The van der Waals surface area contributed by atoms with Crippen molar-refractivity contribution in [1.82, 2.24) is 4.72 Å². The van der Waals surface area contributed by atoms with Gasteiger partial charge in [-0.3, -0.25) is 9.59 Å². The number of carbonyl (C=O) groups excluding carboxylic acids is 2. The van der Waals surface area contributed by atoms with Gasteiger partial charge >= 0.3 is 5.97 Å². The van der Waals surface area contributed by atoms with Crippen LogP contribution >= 0.6 is 11.6 Å². The molecule has 0 saturated heterocycles. The molecule has 1 N–H and O–H groups in total. The molecule has 0 radical (unpaired) electrons. The first kappa shape index (κ1) is 22.1. The summed E-state index contributed by atoms with van der Waals surface area (Å²) in [4.78, 5) is 24.3. The third-order valence-electron chi connectivity index (χ3n) is 4.07. The van der Waals surface area contributed by atoms with Gasteiger partial charge < -0.3 is 4.74 Å². The van der Waals surface area contributed by atoms with Crippen LogP contribution in [0.25, 0.3) is 0 Å². The Labute approximate surface area is 169 Å². The van der Waals surface area contributed by atoms with Crippen LogP contribution in [0, 0.1) is 0 Å². The van der Waals surface area contributed by atoms with Crippen LogP contribution in [0.2, 0.25) is 5.02 Å². The summed E-state index contributed by atoms with van der Waals surface area (Å²) in [6.07, 6.45) is -0.280. The minimum Gasteiger partial charge on any atom is -0.454 e. The van der Waals surface area contributed by atoms with Crippen molar-refractivity contribution in [2.75, 3.05) is 6.54 Å². The summed E-state index contributed by atoms with van der Waals surface area (Å²) in [7, 11) is -3.75. The lowest BCUT2D eigenvalue weighted by atomic mass is 10.0. The molecule has 1 atom stereocenters. The molecular weight excluding hydrogens is 402 g/mol. The van der Waals surface area contributed by atoms with E-state index >= 15 is 0 Å². The summed E-state index contributed by atoms with van der Waals surface area (Å²) < 4.78 is 31.7. The lowest BCUT2D eigenvalue weighted by Crippen LogP contribution is -2.29. The molecule has 2 aromatic rings. The van der Waals surface area contributed by atoms with Crippen LogP contribution < -0.4 is 4.72 Å². The van der Waals surface area contributed by atoms with Crippen molar-refractivity contribution in [2.45, 2.75) is 37.7 Å². The molecular formula is C20H22ClNO5S. The zero-order valence-electron chi connectivity index (χ0n) is 15.6. The summed E-state index contributed by atoms with van der Waals surface area (Å²) in [5, 5.41) is 0.422. The molecule has 0 aliphatic heterocycles. The van der Waals surface area contributed by atoms with Crippen LogP contribution in [0.4, 0.5) is 0 Å². The summed E-state index contributed by atoms with van der Waals surface area (Å²) in [5.74, 6) is -0.970. The first-order valence-corrected chi connectivity index (χ1v) is 10.7. The van der Waals surface area contributed by atoms with Gasteiger partial charge in [0.05, 0.1) is 11.3 Å². The minimum atomic E-state index is -3.75. The Morgan fingerprint density at radius 2 is 1.68 bits per heavy atom. The Morgan fingerprint density at radius 1 is 1.07 bits per heavy atom. The van der Waals surface area contributed by atoms with Crippen molar-refractivity contribution in [2.24, 2.45) is 0 Å². The highest BCUT2D eigenvalue weighted by Gasteiger charge is 2.20. The predicted octanol–water partition coefficient (Wildman–Crippen LogP) is 3.39. The van der Waals surface area contributed by atoms with Gasteiger partial charge in [0.15, 0.2) is 6.10 Å². The summed E-state index contributed by atoms with van der Waals surface area (Å²) in [6, 6.07) is 12.8. The smallest absolute Gasteiger partial charge is 0.307 e. The summed E-state index contributed by atoms with van der Waals surface area (Å²) in [5.41, 5.74) is 1.56.